The molecule has 6 heteroatoms. The largest absolute Gasteiger partial charge is 0.340 e. The number of thiophene rings is 1. The van der Waals surface area contributed by atoms with E-state index >= 15 is 0 Å². The number of hydrogen-bond acceptors (Lipinski definition) is 5. The van der Waals surface area contributed by atoms with Gasteiger partial charge in [0.05, 0.1) is 5.39 Å². The Kier molecular flexibility index (Phi) is 4.56. The lowest BCUT2D eigenvalue weighted by Crippen LogP contribution is -2.06. The van der Waals surface area contributed by atoms with Crippen LogP contribution >= 0.6 is 11.3 Å². The van der Waals surface area contributed by atoms with Crippen LogP contribution in [0.15, 0.2) is 60.7 Å². The van der Waals surface area contributed by atoms with Crippen molar-refractivity contribution in [2.75, 3.05) is 10.6 Å². The lowest BCUT2D eigenvalue weighted by atomic mass is 10.2. The number of amides is 1. The second-order valence-corrected chi connectivity index (χ2v) is 7.46. The lowest BCUT2D eigenvalue weighted by molar-refractivity contribution is -0.114. The van der Waals surface area contributed by atoms with E-state index in [9.17, 15) is 4.79 Å². The van der Waals surface area contributed by atoms with Crippen molar-refractivity contribution in [2.24, 2.45) is 0 Å². The Labute approximate surface area is 161 Å². The van der Waals surface area contributed by atoms with Gasteiger partial charge in [0.2, 0.25) is 5.91 Å². The molecular formula is C21H18N4OS. The number of hydrogen-bond donors (Lipinski definition) is 2. The normalized spacial score (nSPS) is 10.7. The van der Waals surface area contributed by atoms with Gasteiger partial charge in [0, 0.05) is 28.7 Å². The maximum Gasteiger partial charge on any atom is 0.221 e. The second kappa shape index (κ2) is 7.17. The minimum absolute atomic E-state index is 0.101. The van der Waals surface area contributed by atoms with Crippen LogP contribution in [-0.4, -0.2) is 15.9 Å². The second-order valence-electron chi connectivity index (χ2n) is 6.22. The van der Waals surface area contributed by atoms with Crippen molar-refractivity contribution in [3.8, 4) is 11.4 Å². The highest BCUT2D eigenvalue weighted by molar-refractivity contribution is 7.18. The Morgan fingerprint density at radius 3 is 2.52 bits per heavy atom. The number of nitrogens with zero attached hydrogens (tertiary/aromatic N) is 2. The number of carbonyl (C=O) groups excluding carboxylic acids is 1. The first-order valence-electron chi connectivity index (χ1n) is 8.57. The van der Waals surface area contributed by atoms with Gasteiger partial charge in [0.15, 0.2) is 5.82 Å². The topological polar surface area (TPSA) is 66.9 Å². The maximum atomic E-state index is 11.3. The van der Waals surface area contributed by atoms with E-state index < -0.39 is 0 Å². The molecule has 0 unspecified atom stereocenters. The van der Waals surface area contributed by atoms with Gasteiger partial charge >= 0.3 is 0 Å². The van der Waals surface area contributed by atoms with Crippen LogP contribution in [0.25, 0.3) is 21.6 Å². The molecular weight excluding hydrogens is 356 g/mol. The first-order chi connectivity index (χ1) is 13.1. The molecule has 4 rings (SSSR count). The molecule has 0 atom stereocenters. The zero-order valence-corrected chi connectivity index (χ0v) is 15.8. The van der Waals surface area contributed by atoms with Gasteiger partial charge in [-0.05, 0) is 31.2 Å². The fourth-order valence-electron chi connectivity index (χ4n) is 2.87. The van der Waals surface area contributed by atoms with Gasteiger partial charge in [-0.2, -0.15) is 0 Å². The number of carbonyl (C=O) groups is 1. The van der Waals surface area contributed by atoms with Crippen molar-refractivity contribution in [3.05, 3.63) is 65.5 Å². The molecule has 2 heterocycles. The molecule has 0 aliphatic rings. The van der Waals surface area contributed by atoms with Crippen LogP contribution in [-0.2, 0) is 4.79 Å². The summed E-state index contributed by atoms with van der Waals surface area (Å²) in [6, 6.07) is 19.6. The Balaban J connectivity index is 1.77. The molecule has 0 aliphatic heterocycles. The van der Waals surface area contributed by atoms with Gasteiger partial charge in [0.1, 0.15) is 10.6 Å². The molecule has 0 saturated carbocycles. The Morgan fingerprint density at radius 2 is 1.74 bits per heavy atom. The van der Waals surface area contributed by atoms with Gasteiger partial charge < -0.3 is 10.6 Å². The molecule has 27 heavy (non-hydrogen) atoms. The van der Waals surface area contributed by atoms with Crippen LogP contribution in [0.2, 0.25) is 0 Å². The summed E-state index contributed by atoms with van der Waals surface area (Å²) in [5.74, 6) is 1.34. The van der Waals surface area contributed by atoms with E-state index in [-0.39, 0.29) is 5.91 Å². The fourth-order valence-corrected chi connectivity index (χ4v) is 3.75. The molecule has 5 nitrogen and oxygen atoms in total. The SMILES string of the molecule is CC(=O)Nc1cccc(Nc2nc(-c3ccccc3)nc3sc(C)cc23)c1. The van der Waals surface area contributed by atoms with Crippen molar-refractivity contribution < 1.29 is 4.79 Å². The van der Waals surface area contributed by atoms with Crippen molar-refractivity contribution >= 4 is 44.7 Å². The van der Waals surface area contributed by atoms with E-state index in [1.807, 2.05) is 54.6 Å². The molecule has 0 spiro atoms. The first kappa shape index (κ1) is 17.2. The molecule has 0 aliphatic carbocycles. The number of benzene rings is 2. The summed E-state index contributed by atoms with van der Waals surface area (Å²) >= 11 is 1.65. The van der Waals surface area contributed by atoms with Gasteiger partial charge in [-0.15, -0.1) is 11.3 Å². The van der Waals surface area contributed by atoms with Gasteiger partial charge in [-0.1, -0.05) is 36.4 Å². The molecule has 2 aromatic heterocycles. The van der Waals surface area contributed by atoms with Gasteiger partial charge in [-0.3, -0.25) is 4.79 Å². The highest BCUT2D eigenvalue weighted by Crippen LogP contribution is 2.32. The molecule has 0 radical (unpaired) electrons. The minimum atomic E-state index is -0.101. The summed E-state index contributed by atoms with van der Waals surface area (Å²) < 4.78 is 0. The minimum Gasteiger partial charge on any atom is -0.340 e. The number of anilines is 3. The maximum absolute atomic E-state index is 11.3. The smallest absolute Gasteiger partial charge is 0.221 e. The summed E-state index contributed by atoms with van der Waals surface area (Å²) in [7, 11) is 0. The third kappa shape index (κ3) is 3.80. The third-order valence-corrected chi connectivity index (χ3v) is 4.94. The van der Waals surface area contributed by atoms with Gasteiger partial charge in [0.25, 0.3) is 0 Å². The Bertz CT molecular complexity index is 1120. The van der Waals surface area contributed by atoms with Crippen molar-refractivity contribution in [1.82, 2.24) is 9.97 Å². The van der Waals surface area contributed by atoms with Crippen LogP contribution in [0.3, 0.4) is 0 Å². The van der Waals surface area contributed by atoms with Crippen LogP contribution < -0.4 is 10.6 Å². The average Bonchev–Trinajstić information content (AvgIpc) is 3.03. The van der Waals surface area contributed by atoms with E-state index in [4.69, 9.17) is 9.97 Å². The Morgan fingerprint density at radius 1 is 0.963 bits per heavy atom. The van der Waals surface area contributed by atoms with Crippen LogP contribution in [0.4, 0.5) is 17.2 Å². The molecule has 134 valence electrons. The highest BCUT2D eigenvalue weighted by atomic mass is 32.1. The van der Waals surface area contributed by atoms with Crippen LogP contribution in [0.5, 0.6) is 0 Å². The van der Waals surface area contributed by atoms with E-state index in [0.29, 0.717) is 5.82 Å². The van der Waals surface area contributed by atoms with Crippen molar-refractivity contribution in [1.29, 1.82) is 0 Å². The molecule has 2 N–H and O–H groups in total. The number of aromatic nitrogens is 2. The van der Waals surface area contributed by atoms with Crippen molar-refractivity contribution in [3.63, 3.8) is 0 Å². The van der Waals surface area contributed by atoms with E-state index in [1.54, 1.807) is 11.3 Å². The average molecular weight is 374 g/mol. The molecule has 0 bridgehead atoms. The summed E-state index contributed by atoms with van der Waals surface area (Å²) in [4.78, 5) is 22.9. The van der Waals surface area contributed by atoms with Crippen LogP contribution in [0.1, 0.15) is 11.8 Å². The van der Waals surface area contributed by atoms with E-state index in [0.717, 1.165) is 33.0 Å². The van der Waals surface area contributed by atoms with E-state index in [1.165, 1.54) is 11.8 Å². The zero-order valence-electron chi connectivity index (χ0n) is 15.0. The van der Waals surface area contributed by atoms with E-state index in [2.05, 4.69) is 23.6 Å². The number of fused-ring (bicyclic) bond motifs is 1. The third-order valence-electron chi connectivity index (χ3n) is 3.99. The fraction of sp³-hybridized carbons (Fsp3) is 0.0952. The lowest BCUT2D eigenvalue weighted by Gasteiger charge is -2.10. The molecule has 0 fully saturated rings. The summed E-state index contributed by atoms with van der Waals surface area (Å²) in [5, 5.41) is 7.18. The van der Waals surface area contributed by atoms with Crippen LogP contribution in [0, 0.1) is 6.92 Å². The predicted octanol–water partition coefficient (Wildman–Crippen LogP) is 5.37. The first-order valence-corrected chi connectivity index (χ1v) is 9.38. The molecule has 0 saturated heterocycles. The monoisotopic (exact) mass is 374 g/mol. The number of rotatable bonds is 4. The summed E-state index contributed by atoms with van der Waals surface area (Å²) in [6.45, 7) is 3.56. The zero-order chi connectivity index (χ0) is 18.8. The molecule has 2 aromatic carbocycles. The highest BCUT2D eigenvalue weighted by Gasteiger charge is 2.12. The quantitative estimate of drug-likeness (QED) is 0.504. The predicted molar refractivity (Wildman–Crippen MR) is 112 cm³/mol. The number of nitrogens with one attached hydrogen (secondary N) is 2. The number of aryl methyl sites for hydroxylation is 1. The van der Waals surface area contributed by atoms with Gasteiger partial charge in [-0.25, -0.2) is 9.97 Å². The van der Waals surface area contributed by atoms with Crippen molar-refractivity contribution in [2.45, 2.75) is 13.8 Å². The summed E-state index contributed by atoms with van der Waals surface area (Å²) in [6.07, 6.45) is 0. The Hall–Kier alpha value is -3.25. The standard InChI is InChI=1S/C21H18N4OS/c1-13-11-18-20(23-17-10-6-9-16(12-17)22-14(2)26)24-19(25-21(18)27-13)15-7-4-3-5-8-15/h3-12H,1-2H3,(H,22,26)(H,23,24,25). The molecule has 4 aromatic rings. The molecule has 1 amide bonds. The summed E-state index contributed by atoms with van der Waals surface area (Å²) in [5.41, 5.74) is 2.56.